The van der Waals surface area contributed by atoms with Crippen molar-refractivity contribution in [2.24, 2.45) is 0 Å². The van der Waals surface area contributed by atoms with Crippen LogP contribution in [0.15, 0.2) is 43.0 Å². The zero-order valence-electron chi connectivity index (χ0n) is 6.44. The van der Waals surface area contributed by atoms with E-state index in [1.54, 1.807) is 24.7 Å². The van der Waals surface area contributed by atoms with Crippen molar-refractivity contribution >= 4 is 5.69 Å². The van der Waals surface area contributed by atoms with Gasteiger partial charge in [0.15, 0.2) is 0 Å². The molecule has 3 heteroatoms. The molecule has 0 aliphatic heterocycles. The lowest BCUT2D eigenvalue weighted by Crippen LogP contribution is -1.88. The quantitative estimate of drug-likeness (QED) is 0.623. The van der Waals surface area contributed by atoms with Crippen LogP contribution in [0.5, 0.6) is 0 Å². The number of hydrogen-bond acceptors (Lipinski definition) is 1. The van der Waals surface area contributed by atoms with Crippen LogP contribution in [0.3, 0.4) is 0 Å². The van der Waals surface area contributed by atoms with Gasteiger partial charge in [0.2, 0.25) is 0 Å². The van der Waals surface area contributed by atoms with Gasteiger partial charge in [0.1, 0.15) is 0 Å². The Hall–Kier alpha value is -1.77. The van der Waals surface area contributed by atoms with Gasteiger partial charge >= 0.3 is 0 Å². The van der Waals surface area contributed by atoms with Crippen molar-refractivity contribution in [2.45, 2.75) is 0 Å². The smallest absolute Gasteiger partial charge is 0.0991 e. The highest BCUT2D eigenvalue weighted by molar-refractivity contribution is 5.42. The fourth-order valence-electron chi connectivity index (χ4n) is 1.05. The molecule has 2 rings (SSSR count). The highest BCUT2D eigenvalue weighted by Gasteiger charge is 1.92. The Kier molecular flexibility index (Phi) is 1.55. The van der Waals surface area contributed by atoms with Crippen molar-refractivity contribution in [3.05, 3.63) is 43.0 Å². The van der Waals surface area contributed by atoms with Crippen LogP contribution in [0, 0.1) is 0 Å². The summed E-state index contributed by atoms with van der Waals surface area (Å²) >= 11 is 0. The van der Waals surface area contributed by atoms with E-state index < -0.39 is 0 Å². The third-order valence-electron chi connectivity index (χ3n) is 1.67. The van der Waals surface area contributed by atoms with Crippen LogP contribution in [0.4, 0.5) is 5.69 Å². The second-order valence-corrected chi connectivity index (χ2v) is 2.52. The van der Waals surface area contributed by atoms with Gasteiger partial charge in [0.25, 0.3) is 0 Å². The number of aromatic nitrogens is 2. The maximum atomic E-state index is 7.29. The highest BCUT2D eigenvalue weighted by Crippen LogP contribution is 2.10. The SMILES string of the molecule is [NH]c1ccc(-n2ccnc2)cc1. The zero-order valence-corrected chi connectivity index (χ0v) is 6.44. The lowest BCUT2D eigenvalue weighted by molar-refractivity contribution is 1.06. The molecule has 0 aliphatic rings. The number of rotatable bonds is 1. The number of nitrogens with zero attached hydrogens (tertiary/aromatic N) is 2. The standard InChI is InChI=1S/C9H8N3/c10-8-1-3-9(4-2-8)12-6-5-11-7-12/h1-7,10H. The van der Waals surface area contributed by atoms with Crippen LogP contribution in [0.2, 0.25) is 0 Å². The molecule has 3 nitrogen and oxygen atoms in total. The van der Waals surface area contributed by atoms with E-state index in [9.17, 15) is 0 Å². The molecular weight excluding hydrogens is 150 g/mol. The normalized spacial score (nSPS) is 10.0. The van der Waals surface area contributed by atoms with Crippen molar-refractivity contribution in [3.63, 3.8) is 0 Å². The third kappa shape index (κ3) is 1.16. The van der Waals surface area contributed by atoms with Crippen molar-refractivity contribution in [2.75, 3.05) is 0 Å². The zero-order chi connectivity index (χ0) is 8.39. The van der Waals surface area contributed by atoms with Gasteiger partial charge in [-0.15, -0.1) is 0 Å². The first-order valence-electron chi connectivity index (χ1n) is 3.66. The molecule has 12 heavy (non-hydrogen) atoms. The van der Waals surface area contributed by atoms with Gasteiger partial charge in [-0.05, 0) is 24.3 Å². The van der Waals surface area contributed by atoms with Crippen LogP contribution in [-0.2, 0) is 0 Å². The Morgan fingerprint density at radius 2 is 1.92 bits per heavy atom. The fourth-order valence-corrected chi connectivity index (χ4v) is 1.05. The Morgan fingerprint density at radius 1 is 1.17 bits per heavy atom. The van der Waals surface area contributed by atoms with E-state index in [0.29, 0.717) is 5.69 Å². The van der Waals surface area contributed by atoms with E-state index in [2.05, 4.69) is 4.98 Å². The molecule has 0 fully saturated rings. The van der Waals surface area contributed by atoms with Crippen molar-refractivity contribution < 1.29 is 0 Å². The molecule has 1 heterocycles. The molecule has 0 amide bonds. The van der Waals surface area contributed by atoms with Crippen molar-refractivity contribution in [1.82, 2.24) is 15.3 Å². The summed E-state index contributed by atoms with van der Waals surface area (Å²) in [7, 11) is 0. The summed E-state index contributed by atoms with van der Waals surface area (Å²) in [5, 5.41) is 0. The average molecular weight is 158 g/mol. The van der Waals surface area contributed by atoms with Crippen molar-refractivity contribution in [3.8, 4) is 5.69 Å². The molecule has 0 saturated heterocycles. The molecule has 59 valence electrons. The van der Waals surface area contributed by atoms with Gasteiger partial charge in [-0.3, -0.25) is 0 Å². The molecule has 1 aromatic heterocycles. The summed E-state index contributed by atoms with van der Waals surface area (Å²) in [6.07, 6.45) is 5.34. The van der Waals surface area contributed by atoms with Crippen LogP contribution in [0.25, 0.3) is 5.69 Å². The molecule has 0 aliphatic carbocycles. The van der Waals surface area contributed by atoms with Crippen LogP contribution in [0.1, 0.15) is 0 Å². The Labute approximate surface area is 70.5 Å². The van der Waals surface area contributed by atoms with Gasteiger partial charge in [0, 0.05) is 18.1 Å². The van der Waals surface area contributed by atoms with E-state index in [4.69, 9.17) is 5.73 Å². The summed E-state index contributed by atoms with van der Waals surface area (Å²) in [6, 6.07) is 7.30. The highest BCUT2D eigenvalue weighted by atomic mass is 15.0. The first kappa shape index (κ1) is 6.91. The monoisotopic (exact) mass is 158 g/mol. The summed E-state index contributed by atoms with van der Waals surface area (Å²) in [6.45, 7) is 0. The maximum absolute atomic E-state index is 7.29. The van der Waals surface area contributed by atoms with E-state index in [1.807, 2.05) is 22.9 Å². The Bertz CT molecular complexity index is 348. The summed E-state index contributed by atoms with van der Waals surface area (Å²) < 4.78 is 1.90. The largest absolute Gasteiger partial charge is 0.306 e. The number of imidazole rings is 1. The van der Waals surface area contributed by atoms with Crippen LogP contribution < -0.4 is 5.73 Å². The summed E-state index contributed by atoms with van der Waals surface area (Å²) in [5.41, 5.74) is 8.85. The van der Waals surface area contributed by atoms with Gasteiger partial charge in [0.05, 0.1) is 12.0 Å². The lowest BCUT2D eigenvalue weighted by atomic mass is 10.3. The van der Waals surface area contributed by atoms with Gasteiger partial charge in [-0.25, -0.2) is 4.98 Å². The molecule has 1 N–H and O–H groups in total. The Morgan fingerprint density at radius 3 is 2.50 bits per heavy atom. The molecule has 0 saturated carbocycles. The van der Waals surface area contributed by atoms with Gasteiger partial charge in [-0.2, -0.15) is 0 Å². The lowest BCUT2D eigenvalue weighted by Gasteiger charge is -2.00. The minimum Gasteiger partial charge on any atom is -0.306 e. The first-order chi connectivity index (χ1) is 5.86. The molecule has 0 unspecified atom stereocenters. The summed E-state index contributed by atoms with van der Waals surface area (Å²) in [5.74, 6) is 0. The molecule has 0 bridgehead atoms. The first-order valence-corrected chi connectivity index (χ1v) is 3.66. The second-order valence-electron chi connectivity index (χ2n) is 2.52. The molecule has 0 atom stereocenters. The molecule has 1 radical (unpaired) electrons. The average Bonchev–Trinajstić information content (AvgIpc) is 2.58. The van der Waals surface area contributed by atoms with Crippen LogP contribution in [-0.4, -0.2) is 9.55 Å². The Balaban J connectivity index is 2.43. The van der Waals surface area contributed by atoms with E-state index in [0.717, 1.165) is 5.69 Å². The predicted molar refractivity (Wildman–Crippen MR) is 46.3 cm³/mol. The molecular formula is C9H8N3. The van der Waals surface area contributed by atoms with Gasteiger partial charge < -0.3 is 10.3 Å². The minimum atomic E-state index is 0.527. The van der Waals surface area contributed by atoms with E-state index in [1.165, 1.54) is 0 Å². The van der Waals surface area contributed by atoms with E-state index in [-0.39, 0.29) is 0 Å². The molecule has 1 aromatic carbocycles. The number of benzene rings is 1. The van der Waals surface area contributed by atoms with Gasteiger partial charge in [-0.1, -0.05) is 0 Å². The third-order valence-corrected chi connectivity index (χ3v) is 1.67. The van der Waals surface area contributed by atoms with Crippen molar-refractivity contribution in [1.29, 1.82) is 0 Å². The minimum absolute atomic E-state index is 0.527. The maximum Gasteiger partial charge on any atom is 0.0991 e. The molecule has 2 aromatic rings. The predicted octanol–water partition coefficient (Wildman–Crippen LogP) is 1.79. The topological polar surface area (TPSA) is 41.6 Å². The van der Waals surface area contributed by atoms with E-state index >= 15 is 0 Å². The summed E-state index contributed by atoms with van der Waals surface area (Å²) in [4.78, 5) is 3.94. The van der Waals surface area contributed by atoms with Crippen LogP contribution >= 0.6 is 0 Å². The second kappa shape index (κ2) is 2.70. The number of nitrogens with one attached hydrogen (secondary N) is 1. The number of hydrogen-bond donors (Lipinski definition) is 0. The molecule has 0 spiro atoms. The fraction of sp³-hybridized carbons (Fsp3) is 0.